The number of aromatic nitrogens is 2. The second kappa shape index (κ2) is 6.18. The fourth-order valence-electron chi connectivity index (χ4n) is 2.56. The molecule has 0 saturated carbocycles. The van der Waals surface area contributed by atoms with Gasteiger partial charge in [-0.2, -0.15) is 0 Å². The number of hydrogen-bond donors (Lipinski definition) is 1. The zero-order valence-electron chi connectivity index (χ0n) is 12.6. The van der Waals surface area contributed by atoms with Crippen LogP contribution in [0.2, 0.25) is 0 Å². The molecule has 0 amide bonds. The highest BCUT2D eigenvalue weighted by Gasteiger charge is 2.23. The first kappa shape index (κ1) is 14.7. The molecule has 0 bridgehead atoms. The number of benzene rings is 1. The maximum Gasteiger partial charge on any atom is 0.130 e. The smallest absolute Gasteiger partial charge is 0.130 e. The zero-order valence-corrected chi connectivity index (χ0v) is 12.6. The normalized spacial score (nSPS) is 12.7. The van der Waals surface area contributed by atoms with Crippen molar-refractivity contribution in [3.8, 4) is 0 Å². The van der Waals surface area contributed by atoms with E-state index in [-0.39, 0.29) is 11.9 Å². The standard InChI is InChI=1S/C16H22FN3/c1-5-6-18-15(16-19-7-8-20(16)4)14-12(3)9-11(2)10-13(14)17/h7-10,15,18H,5-6H2,1-4H3. The first-order chi connectivity index (χ1) is 9.54. The molecule has 0 saturated heterocycles. The quantitative estimate of drug-likeness (QED) is 0.907. The summed E-state index contributed by atoms with van der Waals surface area (Å²) in [5.74, 6) is 0.670. The lowest BCUT2D eigenvalue weighted by atomic mass is 9.97. The van der Waals surface area contributed by atoms with Crippen molar-refractivity contribution in [1.82, 2.24) is 14.9 Å². The van der Waals surface area contributed by atoms with Crippen molar-refractivity contribution < 1.29 is 4.39 Å². The van der Waals surface area contributed by atoms with Crippen molar-refractivity contribution >= 4 is 0 Å². The third-order valence-corrected chi connectivity index (χ3v) is 3.48. The monoisotopic (exact) mass is 275 g/mol. The Kier molecular flexibility index (Phi) is 4.55. The summed E-state index contributed by atoms with van der Waals surface area (Å²) in [6.45, 7) is 6.79. The summed E-state index contributed by atoms with van der Waals surface area (Å²) in [5, 5.41) is 3.41. The van der Waals surface area contributed by atoms with Crippen LogP contribution in [0.15, 0.2) is 24.5 Å². The Morgan fingerprint density at radius 1 is 1.35 bits per heavy atom. The Bertz CT molecular complexity index is 566. The fourth-order valence-corrected chi connectivity index (χ4v) is 2.56. The Balaban J connectivity index is 2.50. The van der Waals surface area contributed by atoms with E-state index in [2.05, 4.69) is 17.2 Å². The van der Waals surface area contributed by atoms with Gasteiger partial charge in [-0.05, 0) is 44.0 Å². The van der Waals surface area contributed by atoms with Gasteiger partial charge in [0, 0.05) is 25.0 Å². The highest BCUT2D eigenvalue weighted by molar-refractivity contribution is 5.37. The van der Waals surface area contributed by atoms with Crippen molar-refractivity contribution in [3.63, 3.8) is 0 Å². The van der Waals surface area contributed by atoms with Gasteiger partial charge in [0.1, 0.15) is 11.6 Å². The minimum Gasteiger partial charge on any atom is -0.336 e. The van der Waals surface area contributed by atoms with Crippen LogP contribution in [0.25, 0.3) is 0 Å². The van der Waals surface area contributed by atoms with Crippen molar-refractivity contribution in [1.29, 1.82) is 0 Å². The van der Waals surface area contributed by atoms with Crippen LogP contribution < -0.4 is 5.32 Å². The third kappa shape index (κ3) is 2.90. The lowest BCUT2D eigenvalue weighted by Crippen LogP contribution is -2.27. The molecule has 1 aromatic carbocycles. The molecule has 0 aliphatic carbocycles. The number of imidazole rings is 1. The second-order valence-corrected chi connectivity index (χ2v) is 5.26. The van der Waals surface area contributed by atoms with E-state index in [1.165, 1.54) is 0 Å². The molecule has 2 aromatic rings. The van der Waals surface area contributed by atoms with E-state index in [1.807, 2.05) is 37.7 Å². The molecule has 1 atom stereocenters. The van der Waals surface area contributed by atoms with Gasteiger partial charge in [-0.25, -0.2) is 9.37 Å². The maximum absolute atomic E-state index is 14.4. The van der Waals surface area contributed by atoms with E-state index >= 15 is 0 Å². The van der Waals surface area contributed by atoms with Gasteiger partial charge >= 0.3 is 0 Å². The molecule has 108 valence electrons. The Morgan fingerprint density at radius 3 is 2.65 bits per heavy atom. The first-order valence-corrected chi connectivity index (χ1v) is 7.01. The van der Waals surface area contributed by atoms with Crippen LogP contribution in [-0.2, 0) is 7.05 Å². The summed E-state index contributed by atoms with van der Waals surface area (Å²) in [6.07, 6.45) is 4.63. The predicted octanol–water partition coefficient (Wildman–Crippen LogP) is 3.27. The number of aryl methyl sites for hydroxylation is 3. The molecule has 0 spiro atoms. The summed E-state index contributed by atoms with van der Waals surface area (Å²) >= 11 is 0. The molecule has 0 fully saturated rings. The lowest BCUT2D eigenvalue weighted by Gasteiger charge is -2.21. The number of nitrogens with zero attached hydrogens (tertiary/aromatic N) is 2. The molecule has 4 heteroatoms. The van der Waals surface area contributed by atoms with Crippen molar-refractivity contribution in [2.24, 2.45) is 7.05 Å². The molecule has 1 heterocycles. The van der Waals surface area contributed by atoms with Crippen LogP contribution in [0.3, 0.4) is 0 Å². The summed E-state index contributed by atoms with van der Waals surface area (Å²) < 4.78 is 16.4. The molecular weight excluding hydrogens is 253 g/mol. The van der Waals surface area contributed by atoms with Gasteiger partial charge in [0.05, 0.1) is 6.04 Å². The van der Waals surface area contributed by atoms with E-state index in [4.69, 9.17) is 0 Å². The number of halogens is 1. The van der Waals surface area contributed by atoms with Crippen molar-refractivity contribution in [3.05, 3.63) is 52.9 Å². The molecule has 3 nitrogen and oxygen atoms in total. The maximum atomic E-state index is 14.4. The molecule has 0 radical (unpaired) electrons. The number of hydrogen-bond acceptors (Lipinski definition) is 2. The van der Waals surface area contributed by atoms with Crippen molar-refractivity contribution in [2.45, 2.75) is 33.2 Å². The fraction of sp³-hybridized carbons (Fsp3) is 0.438. The van der Waals surface area contributed by atoms with Crippen LogP contribution in [0.4, 0.5) is 4.39 Å². The summed E-state index contributed by atoms with van der Waals surface area (Å²) in [4.78, 5) is 4.38. The molecular formula is C16H22FN3. The van der Waals surface area contributed by atoms with E-state index in [0.29, 0.717) is 5.56 Å². The minimum absolute atomic E-state index is 0.167. The van der Waals surface area contributed by atoms with E-state index in [9.17, 15) is 4.39 Å². The summed E-state index contributed by atoms with van der Waals surface area (Å²) in [6, 6.07) is 3.39. The van der Waals surface area contributed by atoms with Gasteiger partial charge in [-0.15, -0.1) is 0 Å². The molecule has 1 N–H and O–H groups in total. The molecule has 20 heavy (non-hydrogen) atoms. The van der Waals surface area contributed by atoms with Crippen molar-refractivity contribution in [2.75, 3.05) is 6.54 Å². The number of rotatable bonds is 5. The summed E-state index contributed by atoms with van der Waals surface area (Å²) in [5.41, 5.74) is 2.59. The van der Waals surface area contributed by atoms with Crippen LogP contribution in [-0.4, -0.2) is 16.1 Å². The topological polar surface area (TPSA) is 29.9 Å². The number of nitrogens with one attached hydrogen (secondary N) is 1. The van der Waals surface area contributed by atoms with Crippen LogP contribution >= 0.6 is 0 Å². The average Bonchev–Trinajstić information content (AvgIpc) is 2.78. The highest BCUT2D eigenvalue weighted by atomic mass is 19.1. The molecule has 0 aliphatic rings. The van der Waals surface area contributed by atoms with Crippen LogP contribution in [0, 0.1) is 19.7 Å². The van der Waals surface area contributed by atoms with Crippen LogP contribution in [0.1, 0.15) is 41.9 Å². The third-order valence-electron chi connectivity index (χ3n) is 3.48. The largest absolute Gasteiger partial charge is 0.336 e. The first-order valence-electron chi connectivity index (χ1n) is 7.01. The summed E-state index contributed by atoms with van der Waals surface area (Å²) in [7, 11) is 1.93. The van der Waals surface area contributed by atoms with Gasteiger partial charge in [-0.1, -0.05) is 13.0 Å². The van der Waals surface area contributed by atoms with Gasteiger partial charge in [0.15, 0.2) is 0 Å². The van der Waals surface area contributed by atoms with Gasteiger partial charge in [-0.3, -0.25) is 0 Å². The van der Waals surface area contributed by atoms with E-state index < -0.39 is 0 Å². The molecule has 1 aromatic heterocycles. The lowest BCUT2D eigenvalue weighted by molar-refractivity contribution is 0.517. The average molecular weight is 275 g/mol. The Hall–Kier alpha value is -1.68. The SMILES string of the molecule is CCCNC(c1c(C)cc(C)cc1F)c1nccn1C. The molecule has 0 aliphatic heterocycles. The predicted molar refractivity (Wildman–Crippen MR) is 79.2 cm³/mol. The zero-order chi connectivity index (χ0) is 14.7. The minimum atomic E-state index is -0.212. The Morgan fingerprint density at radius 2 is 2.10 bits per heavy atom. The van der Waals surface area contributed by atoms with Gasteiger partial charge in [0.2, 0.25) is 0 Å². The van der Waals surface area contributed by atoms with Gasteiger partial charge < -0.3 is 9.88 Å². The van der Waals surface area contributed by atoms with E-state index in [1.54, 1.807) is 12.3 Å². The molecule has 2 rings (SSSR count). The molecule has 1 unspecified atom stereocenters. The van der Waals surface area contributed by atoms with Gasteiger partial charge in [0.25, 0.3) is 0 Å². The van der Waals surface area contributed by atoms with E-state index in [0.717, 1.165) is 29.9 Å². The second-order valence-electron chi connectivity index (χ2n) is 5.26. The van der Waals surface area contributed by atoms with Crippen LogP contribution in [0.5, 0.6) is 0 Å². The highest BCUT2D eigenvalue weighted by Crippen LogP contribution is 2.27. The Labute approximate surface area is 119 Å².